The Hall–Kier alpha value is -2.06. The van der Waals surface area contributed by atoms with E-state index in [0.29, 0.717) is 17.4 Å². The van der Waals surface area contributed by atoms with E-state index in [1.54, 1.807) is 6.08 Å². The maximum Gasteiger partial charge on any atom is 0.268 e. The number of carbonyl (C=O) groups is 1. The Balaban J connectivity index is 4.01. The third-order valence-corrected chi connectivity index (χ3v) is 14.1. The van der Waals surface area contributed by atoms with Crippen molar-refractivity contribution >= 4 is 13.7 Å². The van der Waals surface area contributed by atoms with Gasteiger partial charge in [0.25, 0.3) is 7.82 Å². The number of amides is 1. The molecule has 9 heteroatoms. The van der Waals surface area contributed by atoms with E-state index in [4.69, 9.17) is 9.05 Å². The molecular weight excluding hydrogens is 900 g/mol. The van der Waals surface area contributed by atoms with E-state index < -0.39 is 20.0 Å². The molecular formula is C62H115N2O6P. The molecule has 3 unspecified atom stereocenters. The number of hydrogen-bond donors (Lipinski definition) is 2. The molecule has 0 heterocycles. The molecule has 0 aliphatic heterocycles. The Morgan fingerprint density at radius 3 is 1.25 bits per heavy atom. The summed E-state index contributed by atoms with van der Waals surface area (Å²) >= 11 is 0. The fraction of sp³-hybridized carbons (Fsp3) is 0.790. The second-order valence-corrected chi connectivity index (χ2v) is 22.7. The lowest BCUT2D eigenvalue weighted by molar-refractivity contribution is -0.870. The highest BCUT2D eigenvalue weighted by Gasteiger charge is 2.23. The van der Waals surface area contributed by atoms with Crippen LogP contribution >= 0.6 is 7.82 Å². The van der Waals surface area contributed by atoms with Crippen LogP contribution in [0.15, 0.2) is 72.9 Å². The molecule has 0 saturated carbocycles. The van der Waals surface area contributed by atoms with Crippen LogP contribution in [0.3, 0.4) is 0 Å². The largest absolute Gasteiger partial charge is 0.756 e. The lowest BCUT2D eigenvalue weighted by Gasteiger charge is -2.29. The van der Waals surface area contributed by atoms with Crippen molar-refractivity contribution in [2.24, 2.45) is 0 Å². The minimum absolute atomic E-state index is 0.00138. The van der Waals surface area contributed by atoms with Gasteiger partial charge in [0.1, 0.15) is 13.2 Å². The molecule has 0 aliphatic rings. The average Bonchev–Trinajstić information content (AvgIpc) is 3.33. The Morgan fingerprint density at radius 2 is 0.859 bits per heavy atom. The maximum atomic E-state index is 13.0. The quantitative estimate of drug-likeness (QED) is 0.0272. The van der Waals surface area contributed by atoms with Crippen LogP contribution in [-0.2, 0) is 18.4 Å². The average molecular weight is 1020 g/mol. The summed E-state index contributed by atoms with van der Waals surface area (Å²) in [6, 6.07) is -0.887. The molecule has 0 radical (unpaired) electrons. The SMILES string of the molecule is CC/C=C\C/C=C\C/C=C\C/C=C\C/C=C\CCCCCCCCCCCCCCCCCCCCCC(=O)NC(COP(=O)([O-])OCC[N+](C)(C)C)C(O)/C=C/CCCCCCCCCCCCCC. The number of hydrogen-bond acceptors (Lipinski definition) is 6. The first-order valence-electron chi connectivity index (χ1n) is 29.8. The number of rotatable bonds is 54. The second-order valence-electron chi connectivity index (χ2n) is 21.3. The minimum Gasteiger partial charge on any atom is -0.756 e. The van der Waals surface area contributed by atoms with Gasteiger partial charge in [0, 0.05) is 6.42 Å². The number of nitrogens with zero attached hydrogens (tertiary/aromatic N) is 1. The number of aliphatic hydroxyl groups is 1. The van der Waals surface area contributed by atoms with Crippen molar-refractivity contribution in [2.45, 2.75) is 276 Å². The van der Waals surface area contributed by atoms with Gasteiger partial charge in [-0.05, 0) is 64.2 Å². The second kappa shape index (κ2) is 52.8. The number of allylic oxidation sites excluding steroid dienone is 11. The van der Waals surface area contributed by atoms with Gasteiger partial charge in [0.05, 0.1) is 39.9 Å². The summed E-state index contributed by atoms with van der Waals surface area (Å²) in [7, 11) is 1.26. The molecule has 1 amide bonds. The number of quaternary nitrogens is 1. The predicted molar refractivity (Wildman–Crippen MR) is 307 cm³/mol. The molecule has 0 fully saturated rings. The molecule has 0 bridgehead atoms. The van der Waals surface area contributed by atoms with Gasteiger partial charge in [-0.1, -0.05) is 267 Å². The molecule has 0 aromatic heterocycles. The number of phosphoric acid groups is 1. The summed E-state index contributed by atoms with van der Waals surface area (Å²) in [4.78, 5) is 25.5. The third-order valence-electron chi connectivity index (χ3n) is 13.2. The Bertz CT molecular complexity index is 1380. The number of unbranched alkanes of at least 4 members (excludes halogenated alkanes) is 31. The predicted octanol–water partition coefficient (Wildman–Crippen LogP) is 17.6. The number of nitrogens with one attached hydrogen (secondary N) is 1. The van der Waals surface area contributed by atoms with Crippen LogP contribution in [0.4, 0.5) is 0 Å². The highest BCUT2D eigenvalue weighted by atomic mass is 31.2. The molecule has 2 N–H and O–H groups in total. The lowest BCUT2D eigenvalue weighted by Crippen LogP contribution is -2.45. The highest BCUT2D eigenvalue weighted by Crippen LogP contribution is 2.38. The third kappa shape index (κ3) is 55.5. The van der Waals surface area contributed by atoms with Crippen molar-refractivity contribution in [1.82, 2.24) is 5.32 Å². The van der Waals surface area contributed by atoms with Crippen LogP contribution < -0.4 is 10.2 Å². The Labute approximate surface area is 440 Å². The molecule has 0 aliphatic carbocycles. The summed E-state index contributed by atoms with van der Waals surface area (Å²) in [5.41, 5.74) is 0. The van der Waals surface area contributed by atoms with Crippen LogP contribution in [0, 0.1) is 0 Å². The first-order chi connectivity index (χ1) is 34.5. The van der Waals surface area contributed by atoms with Crippen molar-refractivity contribution < 1.29 is 32.9 Å². The molecule has 3 atom stereocenters. The molecule has 8 nitrogen and oxygen atoms in total. The monoisotopic (exact) mass is 1010 g/mol. The summed E-state index contributed by atoms with van der Waals surface area (Å²) in [5.74, 6) is -0.196. The van der Waals surface area contributed by atoms with Crippen molar-refractivity contribution in [2.75, 3.05) is 40.9 Å². The van der Waals surface area contributed by atoms with E-state index in [0.717, 1.165) is 70.6 Å². The fourth-order valence-electron chi connectivity index (χ4n) is 8.53. The molecule has 0 aromatic carbocycles. The van der Waals surface area contributed by atoms with Crippen LogP contribution in [0.5, 0.6) is 0 Å². The zero-order valence-electron chi connectivity index (χ0n) is 47.2. The van der Waals surface area contributed by atoms with Gasteiger partial charge in [-0.25, -0.2) is 0 Å². The van der Waals surface area contributed by atoms with Crippen LogP contribution in [0.2, 0.25) is 0 Å². The van der Waals surface area contributed by atoms with E-state index in [1.807, 2.05) is 27.2 Å². The van der Waals surface area contributed by atoms with Crippen molar-refractivity contribution in [3.8, 4) is 0 Å². The molecule has 0 aromatic rings. The summed E-state index contributed by atoms with van der Waals surface area (Å²) in [5, 5.41) is 13.9. The lowest BCUT2D eigenvalue weighted by atomic mass is 10.0. The summed E-state index contributed by atoms with van der Waals surface area (Å²) in [6.45, 7) is 4.55. The van der Waals surface area contributed by atoms with Gasteiger partial charge in [-0.3, -0.25) is 9.36 Å². The van der Waals surface area contributed by atoms with Gasteiger partial charge in [-0.15, -0.1) is 0 Å². The van der Waals surface area contributed by atoms with Crippen molar-refractivity contribution in [3.05, 3.63) is 72.9 Å². The van der Waals surface area contributed by atoms with Crippen LogP contribution in [-0.4, -0.2) is 68.5 Å². The van der Waals surface area contributed by atoms with Crippen LogP contribution in [0.25, 0.3) is 0 Å². The van der Waals surface area contributed by atoms with E-state index in [2.05, 4.69) is 79.9 Å². The van der Waals surface area contributed by atoms with E-state index >= 15 is 0 Å². The molecule has 0 saturated heterocycles. The normalized spacial score (nSPS) is 14.4. The topological polar surface area (TPSA) is 108 Å². The minimum atomic E-state index is -4.59. The smallest absolute Gasteiger partial charge is 0.268 e. The zero-order chi connectivity index (χ0) is 52.0. The van der Waals surface area contributed by atoms with Crippen molar-refractivity contribution in [3.63, 3.8) is 0 Å². The number of phosphoric ester groups is 1. The van der Waals surface area contributed by atoms with E-state index in [1.165, 1.54) is 173 Å². The summed E-state index contributed by atoms with van der Waals surface area (Å²) < 4.78 is 23.3. The Morgan fingerprint density at radius 1 is 0.507 bits per heavy atom. The summed E-state index contributed by atoms with van der Waals surface area (Å²) in [6.07, 6.45) is 72.8. The van der Waals surface area contributed by atoms with Gasteiger partial charge in [0.15, 0.2) is 0 Å². The van der Waals surface area contributed by atoms with Gasteiger partial charge in [-0.2, -0.15) is 0 Å². The number of likely N-dealkylation sites (N-methyl/N-ethyl adjacent to an activating group) is 1. The first-order valence-corrected chi connectivity index (χ1v) is 31.3. The standard InChI is InChI=1S/C62H115N2O6P/c1-6-8-10-12-14-16-18-20-22-23-24-25-26-27-28-29-30-31-32-33-34-35-36-37-38-39-40-41-42-44-46-48-50-52-54-56-62(66)63-60(59-70-71(67,68)69-58-57-64(3,4)5)61(65)55-53-51-49-47-45-43-21-19-17-15-13-11-9-7-2/h8,10,14,16,20,22,24-25,27-28,53,55,60-61,65H,6-7,9,11-13,15,17-19,21,23,26,29-52,54,56-59H2,1-5H3,(H-,63,66,67,68)/b10-8-,16-14-,22-20-,25-24-,28-27-,55-53+. The van der Waals surface area contributed by atoms with E-state index in [9.17, 15) is 19.4 Å². The van der Waals surface area contributed by atoms with Gasteiger partial charge >= 0.3 is 0 Å². The zero-order valence-corrected chi connectivity index (χ0v) is 48.1. The maximum absolute atomic E-state index is 13.0. The molecule has 0 rings (SSSR count). The Kier molecular flexibility index (Phi) is 51.3. The number of aliphatic hydroxyl groups excluding tert-OH is 1. The van der Waals surface area contributed by atoms with E-state index in [-0.39, 0.29) is 19.1 Å². The fourth-order valence-corrected chi connectivity index (χ4v) is 9.26. The highest BCUT2D eigenvalue weighted by molar-refractivity contribution is 7.45. The molecule has 414 valence electrons. The van der Waals surface area contributed by atoms with Crippen molar-refractivity contribution in [1.29, 1.82) is 0 Å². The number of carbonyl (C=O) groups excluding carboxylic acids is 1. The van der Waals surface area contributed by atoms with Gasteiger partial charge in [0.2, 0.25) is 5.91 Å². The molecule has 0 spiro atoms. The molecule has 71 heavy (non-hydrogen) atoms. The van der Waals surface area contributed by atoms with Crippen LogP contribution in [0.1, 0.15) is 264 Å². The first kappa shape index (κ1) is 68.9. The van der Waals surface area contributed by atoms with Gasteiger partial charge < -0.3 is 28.8 Å².